The largest absolute Gasteiger partial charge is 0.532 e. The van der Waals surface area contributed by atoms with E-state index in [0.29, 0.717) is 56.9 Å². The van der Waals surface area contributed by atoms with Crippen LogP contribution in [0.25, 0.3) is 21.9 Å². The summed E-state index contributed by atoms with van der Waals surface area (Å²) in [6, 6.07) is 37.8. The quantitative estimate of drug-likeness (QED) is 0.119. The molecule has 9 nitrogen and oxygen atoms in total. The van der Waals surface area contributed by atoms with Crippen LogP contribution in [0.2, 0.25) is 0 Å². The lowest BCUT2D eigenvalue weighted by molar-refractivity contribution is 0.0698. The highest BCUT2D eigenvalue weighted by atomic mass is 31.2. The van der Waals surface area contributed by atoms with Crippen molar-refractivity contribution in [1.82, 2.24) is 0 Å². The highest BCUT2D eigenvalue weighted by Crippen LogP contribution is 2.57. The molecular formula is C45H44O9P2. The van der Waals surface area contributed by atoms with Crippen LogP contribution in [0.3, 0.4) is 0 Å². The van der Waals surface area contributed by atoms with Gasteiger partial charge in [0.25, 0.3) is 0 Å². The minimum absolute atomic E-state index is 0.334. The predicted molar refractivity (Wildman–Crippen MR) is 222 cm³/mol. The van der Waals surface area contributed by atoms with Gasteiger partial charge in [-0.05, 0) is 70.8 Å². The van der Waals surface area contributed by atoms with Gasteiger partial charge in [0.1, 0.15) is 40.1 Å². The van der Waals surface area contributed by atoms with Crippen LogP contribution in [0.1, 0.15) is 63.0 Å². The van der Waals surface area contributed by atoms with E-state index in [1.54, 1.807) is 20.3 Å². The summed E-state index contributed by atoms with van der Waals surface area (Å²) in [6.07, 6.45) is 0. The number of methoxy groups -OCH3 is 2. The van der Waals surface area contributed by atoms with Gasteiger partial charge >= 0.3 is 23.2 Å². The molecule has 0 radical (unpaired) electrons. The SMILES string of the molecule is COc1cc(-c2cc(OC)cc(C(C)(C)C)c2OP2OC(=O)c3ccc4ccccc4c3O2)c(OP(Oc2ccccc2)Oc2ccccc2)c(C(C)(C)C)c1. The summed E-state index contributed by atoms with van der Waals surface area (Å²) in [5.41, 5.74) is 2.21. The fraction of sp³-hybridized carbons (Fsp3) is 0.222. The molecule has 0 N–H and O–H groups in total. The number of carbonyl (C=O) groups excluding carboxylic acids is 1. The van der Waals surface area contributed by atoms with Gasteiger partial charge in [-0.3, -0.25) is 0 Å². The Kier molecular flexibility index (Phi) is 11.0. The average Bonchev–Trinajstić information content (AvgIpc) is 3.18. The maximum Gasteiger partial charge on any atom is 0.532 e. The minimum Gasteiger partial charge on any atom is -0.497 e. The number of hydrogen-bond acceptors (Lipinski definition) is 9. The van der Waals surface area contributed by atoms with Gasteiger partial charge in [0.05, 0.1) is 14.2 Å². The maximum absolute atomic E-state index is 13.5. The fourth-order valence-corrected chi connectivity index (χ4v) is 8.32. The number of carbonyl (C=O) groups is 1. The van der Waals surface area contributed by atoms with Gasteiger partial charge in [-0.25, -0.2) is 4.79 Å². The first kappa shape index (κ1) is 38.8. The number of benzene rings is 6. The molecule has 7 rings (SSSR count). The number of para-hydroxylation sites is 2. The van der Waals surface area contributed by atoms with E-state index in [4.69, 9.17) is 36.6 Å². The molecule has 1 heterocycles. The summed E-state index contributed by atoms with van der Waals surface area (Å²) < 4.78 is 50.9. The second kappa shape index (κ2) is 15.9. The third-order valence-electron chi connectivity index (χ3n) is 9.10. The molecule has 0 aromatic heterocycles. The van der Waals surface area contributed by atoms with Crippen molar-refractivity contribution < 1.29 is 41.4 Å². The van der Waals surface area contributed by atoms with E-state index in [9.17, 15) is 4.79 Å². The van der Waals surface area contributed by atoms with Crippen LogP contribution in [0.4, 0.5) is 0 Å². The molecule has 288 valence electrons. The molecule has 6 aromatic rings. The van der Waals surface area contributed by atoms with Crippen LogP contribution >= 0.6 is 17.2 Å². The summed E-state index contributed by atoms with van der Waals surface area (Å²) in [4.78, 5) is 13.5. The highest BCUT2D eigenvalue weighted by molar-refractivity contribution is 7.43. The molecule has 0 spiro atoms. The number of fused-ring (bicyclic) bond motifs is 3. The second-order valence-corrected chi connectivity index (χ2v) is 17.2. The lowest BCUT2D eigenvalue weighted by Crippen LogP contribution is -2.18. The number of ether oxygens (including phenoxy) is 2. The normalized spacial score (nSPS) is 14.0. The molecule has 1 unspecified atom stereocenters. The van der Waals surface area contributed by atoms with Crippen molar-refractivity contribution in [1.29, 1.82) is 0 Å². The Balaban J connectivity index is 1.42. The molecule has 0 amide bonds. The summed E-state index contributed by atoms with van der Waals surface area (Å²) in [7, 11) is -1.12. The van der Waals surface area contributed by atoms with Gasteiger partial charge in [0.15, 0.2) is 5.75 Å². The van der Waals surface area contributed by atoms with E-state index < -0.39 is 34.0 Å². The second-order valence-electron chi connectivity index (χ2n) is 15.2. The number of hydrogen-bond donors (Lipinski definition) is 0. The van der Waals surface area contributed by atoms with Crippen LogP contribution in [0, 0.1) is 0 Å². The average molecular weight is 791 g/mol. The molecule has 6 aromatic carbocycles. The van der Waals surface area contributed by atoms with Gasteiger partial charge in [-0.1, -0.05) is 108 Å². The standard InChI is InChI=1S/C45H44O9P2/c1-44(2,3)38-27-32(47-7)25-36(41(38)52-55(49-30-18-11-9-12-19-30)50-31-20-13-10-14-21-31)37-26-33(48-8)28-39(45(4,5)6)42(37)53-56-51-40-34-22-16-15-17-29(34)23-24-35(40)43(46)54-56/h9-28H,1-8H3. The van der Waals surface area contributed by atoms with Crippen molar-refractivity contribution >= 4 is 33.9 Å². The molecule has 0 saturated heterocycles. The molecule has 0 saturated carbocycles. The molecular weight excluding hydrogens is 746 g/mol. The molecule has 56 heavy (non-hydrogen) atoms. The number of rotatable bonds is 11. The first-order valence-corrected chi connectivity index (χ1v) is 20.3. The van der Waals surface area contributed by atoms with E-state index >= 15 is 0 Å². The summed E-state index contributed by atoms with van der Waals surface area (Å²) in [6.45, 7) is 12.5. The van der Waals surface area contributed by atoms with Crippen molar-refractivity contribution in [3.05, 3.63) is 138 Å². The Morgan fingerprint density at radius 2 is 1.05 bits per heavy atom. The molecule has 1 aliphatic rings. The molecule has 1 atom stereocenters. The van der Waals surface area contributed by atoms with Crippen LogP contribution in [0.5, 0.6) is 40.2 Å². The summed E-state index contributed by atoms with van der Waals surface area (Å²) >= 11 is 0. The van der Waals surface area contributed by atoms with E-state index in [1.807, 2.05) is 115 Å². The Bertz CT molecular complexity index is 2310. The van der Waals surface area contributed by atoms with Crippen LogP contribution in [-0.2, 0) is 15.4 Å². The van der Waals surface area contributed by atoms with Crippen molar-refractivity contribution in [2.75, 3.05) is 14.2 Å². The van der Waals surface area contributed by atoms with Crippen LogP contribution in [0.15, 0.2) is 121 Å². The monoisotopic (exact) mass is 790 g/mol. The van der Waals surface area contributed by atoms with Gasteiger partial charge in [-0.15, -0.1) is 0 Å². The van der Waals surface area contributed by atoms with Gasteiger partial charge < -0.3 is 36.6 Å². The smallest absolute Gasteiger partial charge is 0.497 e. The topological polar surface area (TPSA) is 90.9 Å². The lowest BCUT2D eigenvalue weighted by Gasteiger charge is -2.31. The van der Waals surface area contributed by atoms with Gasteiger partial charge in [-0.2, -0.15) is 0 Å². The Morgan fingerprint density at radius 3 is 1.61 bits per heavy atom. The molecule has 11 heteroatoms. The first-order valence-electron chi connectivity index (χ1n) is 18.1. The Hall–Kier alpha value is -5.49. The van der Waals surface area contributed by atoms with E-state index in [1.165, 1.54) is 0 Å². The molecule has 0 aliphatic carbocycles. The first-order chi connectivity index (χ1) is 26.8. The Morgan fingerprint density at radius 1 is 0.536 bits per heavy atom. The zero-order valence-corrected chi connectivity index (χ0v) is 34.4. The van der Waals surface area contributed by atoms with Crippen molar-refractivity contribution in [3.8, 4) is 51.4 Å². The van der Waals surface area contributed by atoms with Gasteiger partial charge in [0, 0.05) is 27.6 Å². The lowest BCUT2D eigenvalue weighted by atomic mass is 9.81. The van der Waals surface area contributed by atoms with Crippen LogP contribution in [-0.4, -0.2) is 20.2 Å². The zero-order valence-electron chi connectivity index (χ0n) is 32.6. The third-order valence-corrected chi connectivity index (χ3v) is 11.1. The Labute approximate surface area is 330 Å². The summed E-state index contributed by atoms with van der Waals surface area (Å²) in [5.74, 6) is 3.13. The molecule has 0 bridgehead atoms. The van der Waals surface area contributed by atoms with Crippen molar-refractivity contribution in [2.24, 2.45) is 0 Å². The third kappa shape index (κ3) is 8.35. The molecule has 0 fully saturated rings. The predicted octanol–water partition coefficient (Wildman–Crippen LogP) is 12.7. The highest BCUT2D eigenvalue weighted by Gasteiger charge is 2.38. The van der Waals surface area contributed by atoms with E-state index in [2.05, 4.69) is 41.5 Å². The van der Waals surface area contributed by atoms with E-state index in [0.717, 1.165) is 21.9 Å². The minimum atomic E-state index is -2.27. The van der Waals surface area contributed by atoms with Crippen molar-refractivity contribution in [2.45, 2.75) is 52.4 Å². The van der Waals surface area contributed by atoms with E-state index in [-0.39, 0.29) is 0 Å². The fourth-order valence-electron chi connectivity index (χ4n) is 6.24. The molecule has 1 aliphatic heterocycles. The maximum atomic E-state index is 13.5. The van der Waals surface area contributed by atoms with Gasteiger partial charge in [0.2, 0.25) is 0 Å². The van der Waals surface area contributed by atoms with Crippen LogP contribution < -0.4 is 32.1 Å². The zero-order chi connectivity index (χ0) is 39.6. The summed E-state index contributed by atoms with van der Waals surface area (Å²) in [5, 5.41) is 1.71. The van der Waals surface area contributed by atoms with Crippen molar-refractivity contribution in [3.63, 3.8) is 0 Å².